The largest absolute Gasteiger partial charge is 0.372 e. The second-order valence-electron chi connectivity index (χ2n) is 4.41. The van der Waals surface area contributed by atoms with Crippen LogP contribution in [0.2, 0.25) is 5.02 Å². The Balaban J connectivity index is 2.16. The summed E-state index contributed by atoms with van der Waals surface area (Å²) in [7, 11) is 0. The van der Waals surface area contributed by atoms with Crippen LogP contribution in [0.5, 0.6) is 0 Å². The van der Waals surface area contributed by atoms with Crippen LogP contribution >= 0.6 is 11.6 Å². The maximum Gasteiger partial charge on any atom is 0.230 e. The topological polar surface area (TPSA) is 61.3 Å². The highest BCUT2D eigenvalue weighted by Gasteiger charge is 2.29. The lowest BCUT2D eigenvalue weighted by Gasteiger charge is -2.10. The number of nitrogens with two attached hydrogens (primary N) is 1. The lowest BCUT2D eigenvalue weighted by molar-refractivity contribution is 0.106. The van der Waals surface area contributed by atoms with Crippen LogP contribution in [0.1, 0.15) is 24.6 Å². The molecule has 1 aromatic heterocycles. The molecule has 4 nitrogen and oxygen atoms in total. The van der Waals surface area contributed by atoms with Gasteiger partial charge in [-0.05, 0) is 25.0 Å². The highest BCUT2D eigenvalue weighted by Crippen LogP contribution is 2.42. The van der Waals surface area contributed by atoms with Crippen molar-refractivity contribution in [1.82, 2.24) is 5.16 Å². The van der Waals surface area contributed by atoms with Gasteiger partial charge in [0.1, 0.15) is 17.6 Å². The minimum atomic E-state index is -0.457. The predicted octanol–water partition coefficient (Wildman–Crippen LogP) is 3.57. The minimum Gasteiger partial charge on any atom is -0.372 e. The van der Waals surface area contributed by atoms with Crippen molar-refractivity contribution in [3.63, 3.8) is 0 Å². The quantitative estimate of drug-likeness (QED) is 0.915. The fourth-order valence-corrected chi connectivity index (χ4v) is 2.57. The number of nitrogen functional groups attached to an aromatic ring is 1. The lowest BCUT2D eigenvalue weighted by Crippen LogP contribution is -2.00. The zero-order chi connectivity index (χ0) is 13.4. The van der Waals surface area contributed by atoms with Gasteiger partial charge in [0.2, 0.25) is 5.88 Å². The molecule has 1 saturated heterocycles. The zero-order valence-corrected chi connectivity index (χ0v) is 10.8. The number of rotatable bonds is 2. The summed E-state index contributed by atoms with van der Waals surface area (Å²) in [5.74, 6) is -0.404. The van der Waals surface area contributed by atoms with E-state index in [9.17, 15) is 4.39 Å². The Morgan fingerprint density at radius 1 is 1.37 bits per heavy atom. The van der Waals surface area contributed by atoms with Crippen LogP contribution in [-0.4, -0.2) is 11.8 Å². The molecule has 2 aromatic rings. The van der Waals surface area contributed by atoms with Gasteiger partial charge in [0, 0.05) is 12.2 Å². The van der Waals surface area contributed by atoms with Crippen LogP contribution in [-0.2, 0) is 4.74 Å². The van der Waals surface area contributed by atoms with Crippen molar-refractivity contribution in [2.75, 3.05) is 12.3 Å². The Morgan fingerprint density at radius 3 is 2.89 bits per heavy atom. The maximum atomic E-state index is 14.0. The molecule has 1 unspecified atom stereocenters. The minimum absolute atomic E-state index is 0.0532. The van der Waals surface area contributed by atoms with E-state index in [0.29, 0.717) is 17.9 Å². The first-order valence-corrected chi connectivity index (χ1v) is 6.37. The highest BCUT2D eigenvalue weighted by molar-refractivity contribution is 6.33. The van der Waals surface area contributed by atoms with Gasteiger partial charge in [-0.15, -0.1) is 0 Å². The van der Waals surface area contributed by atoms with E-state index >= 15 is 0 Å². The average Bonchev–Trinajstić information content (AvgIpc) is 2.99. The summed E-state index contributed by atoms with van der Waals surface area (Å²) in [6.45, 7) is 0.655. The molecule has 0 saturated carbocycles. The lowest BCUT2D eigenvalue weighted by atomic mass is 10.0. The summed E-state index contributed by atoms with van der Waals surface area (Å²) < 4.78 is 24.6. The number of aromatic nitrogens is 1. The van der Waals surface area contributed by atoms with Crippen molar-refractivity contribution in [2.24, 2.45) is 0 Å². The van der Waals surface area contributed by atoms with Gasteiger partial charge in [0.25, 0.3) is 0 Å². The molecule has 2 N–H and O–H groups in total. The fraction of sp³-hybridized carbons (Fsp3) is 0.308. The van der Waals surface area contributed by atoms with Crippen molar-refractivity contribution in [2.45, 2.75) is 18.9 Å². The molecule has 0 aliphatic carbocycles. The molecule has 0 amide bonds. The molecule has 3 rings (SSSR count). The smallest absolute Gasteiger partial charge is 0.230 e. The summed E-state index contributed by atoms with van der Waals surface area (Å²) in [6, 6.07) is 4.47. The molecule has 0 radical (unpaired) electrons. The Labute approximate surface area is 114 Å². The van der Waals surface area contributed by atoms with Gasteiger partial charge in [0.15, 0.2) is 0 Å². The first-order chi connectivity index (χ1) is 9.18. The van der Waals surface area contributed by atoms with Crippen LogP contribution in [0.15, 0.2) is 22.7 Å². The molecule has 1 aliphatic rings. The van der Waals surface area contributed by atoms with E-state index in [-0.39, 0.29) is 22.6 Å². The number of benzene rings is 1. The van der Waals surface area contributed by atoms with Gasteiger partial charge in [-0.25, -0.2) is 4.39 Å². The van der Waals surface area contributed by atoms with E-state index < -0.39 is 5.82 Å². The fourth-order valence-electron chi connectivity index (χ4n) is 2.32. The molecule has 2 heterocycles. The molecule has 0 spiro atoms. The van der Waals surface area contributed by atoms with E-state index in [2.05, 4.69) is 5.16 Å². The third-order valence-corrected chi connectivity index (χ3v) is 3.51. The summed E-state index contributed by atoms with van der Waals surface area (Å²) in [6.07, 6.45) is 1.53. The Kier molecular flexibility index (Phi) is 3.16. The second kappa shape index (κ2) is 4.83. The molecule has 1 atom stereocenters. The van der Waals surface area contributed by atoms with Gasteiger partial charge in [-0.2, -0.15) is 0 Å². The third-order valence-electron chi connectivity index (χ3n) is 3.19. The first-order valence-electron chi connectivity index (χ1n) is 5.99. The van der Waals surface area contributed by atoms with Crippen molar-refractivity contribution in [3.8, 4) is 11.1 Å². The second-order valence-corrected chi connectivity index (χ2v) is 4.81. The van der Waals surface area contributed by atoms with E-state index in [1.54, 1.807) is 6.07 Å². The first kappa shape index (κ1) is 12.4. The third kappa shape index (κ3) is 2.09. The van der Waals surface area contributed by atoms with Gasteiger partial charge in [-0.1, -0.05) is 22.8 Å². The molecular weight excluding hydrogens is 271 g/mol. The van der Waals surface area contributed by atoms with Crippen molar-refractivity contribution < 1.29 is 13.7 Å². The normalized spacial score (nSPS) is 18.9. The van der Waals surface area contributed by atoms with Crippen molar-refractivity contribution >= 4 is 17.5 Å². The van der Waals surface area contributed by atoms with E-state index in [4.69, 9.17) is 26.6 Å². The molecule has 100 valence electrons. The number of hydrogen-bond donors (Lipinski definition) is 1. The zero-order valence-electron chi connectivity index (χ0n) is 10.0. The summed E-state index contributed by atoms with van der Waals surface area (Å²) >= 11 is 6.07. The number of anilines is 1. The molecule has 1 fully saturated rings. The SMILES string of the molecule is Nc1onc(C2CCCO2)c1-c1c(F)cccc1Cl. The molecule has 19 heavy (non-hydrogen) atoms. The number of hydrogen-bond acceptors (Lipinski definition) is 4. The molecule has 1 aromatic carbocycles. The van der Waals surface area contributed by atoms with E-state index in [1.807, 2.05) is 0 Å². The van der Waals surface area contributed by atoms with E-state index in [1.165, 1.54) is 12.1 Å². The van der Waals surface area contributed by atoms with Crippen LogP contribution in [0, 0.1) is 5.82 Å². The van der Waals surface area contributed by atoms with E-state index in [0.717, 1.165) is 12.8 Å². The van der Waals surface area contributed by atoms with Crippen LogP contribution in [0.3, 0.4) is 0 Å². The van der Waals surface area contributed by atoms with Gasteiger partial charge >= 0.3 is 0 Å². The van der Waals surface area contributed by atoms with Crippen LogP contribution in [0.4, 0.5) is 10.3 Å². The molecule has 6 heteroatoms. The molecule has 0 bridgehead atoms. The number of nitrogens with zero attached hydrogens (tertiary/aromatic N) is 1. The van der Waals surface area contributed by atoms with Gasteiger partial charge in [-0.3, -0.25) is 0 Å². The number of ether oxygens (including phenoxy) is 1. The maximum absolute atomic E-state index is 14.0. The molecule has 1 aliphatic heterocycles. The standard InChI is InChI=1S/C13H12ClFN2O2/c14-7-3-1-4-8(15)10(7)11-12(17-19-13(11)16)9-5-2-6-18-9/h1,3-4,9H,2,5-6,16H2. The number of halogens is 2. The monoisotopic (exact) mass is 282 g/mol. The Morgan fingerprint density at radius 2 is 2.21 bits per heavy atom. The Hall–Kier alpha value is -1.59. The summed E-state index contributed by atoms with van der Waals surface area (Å²) in [5, 5.41) is 4.18. The van der Waals surface area contributed by atoms with Crippen molar-refractivity contribution in [1.29, 1.82) is 0 Å². The van der Waals surface area contributed by atoms with Gasteiger partial charge < -0.3 is 15.0 Å². The summed E-state index contributed by atoms with van der Waals surface area (Å²) in [4.78, 5) is 0. The summed E-state index contributed by atoms with van der Waals surface area (Å²) in [5.41, 5.74) is 6.90. The van der Waals surface area contributed by atoms with Gasteiger partial charge in [0.05, 0.1) is 10.6 Å². The average molecular weight is 283 g/mol. The van der Waals surface area contributed by atoms with Crippen LogP contribution in [0.25, 0.3) is 11.1 Å². The Bertz CT molecular complexity index is 588. The predicted molar refractivity (Wildman–Crippen MR) is 69.2 cm³/mol. The highest BCUT2D eigenvalue weighted by atomic mass is 35.5. The molecular formula is C13H12ClFN2O2. The van der Waals surface area contributed by atoms with Crippen molar-refractivity contribution in [3.05, 3.63) is 34.7 Å². The van der Waals surface area contributed by atoms with Crippen LogP contribution < -0.4 is 5.73 Å².